The number of imide groups is 1. The number of pyridine rings is 1. The molecule has 0 saturated carbocycles. The third-order valence-corrected chi connectivity index (χ3v) is 4.36. The maximum Gasteiger partial charge on any atom is 0.268 e. The highest BCUT2D eigenvalue weighted by Gasteiger charge is 2.34. The van der Waals surface area contributed by atoms with Crippen molar-refractivity contribution in [2.75, 3.05) is 4.90 Å². The van der Waals surface area contributed by atoms with Crippen molar-refractivity contribution in [3.63, 3.8) is 0 Å². The van der Waals surface area contributed by atoms with Crippen molar-refractivity contribution >= 4 is 45.1 Å². The number of carbonyl (C=O) groups excluding carboxylic acids is 2. The quantitative estimate of drug-likeness (QED) is 0.555. The molecule has 0 bridgehead atoms. The van der Waals surface area contributed by atoms with Gasteiger partial charge in [0.15, 0.2) is 0 Å². The van der Waals surface area contributed by atoms with Crippen LogP contribution in [0.5, 0.6) is 0 Å². The minimum absolute atomic E-state index is 0.354. The van der Waals surface area contributed by atoms with Crippen LogP contribution < -0.4 is 4.90 Å². The lowest BCUT2D eigenvalue weighted by Gasteiger charge is -2.11. The topological polar surface area (TPSA) is 81.8 Å². The van der Waals surface area contributed by atoms with Crippen molar-refractivity contribution in [1.82, 2.24) is 15.0 Å². The van der Waals surface area contributed by atoms with Crippen LogP contribution >= 0.6 is 0 Å². The summed E-state index contributed by atoms with van der Waals surface area (Å²) in [7, 11) is 0. The third-order valence-electron chi connectivity index (χ3n) is 4.36. The van der Waals surface area contributed by atoms with Crippen LogP contribution in [0, 0.1) is 0 Å². The Balaban J connectivity index is 1.57. The minimum atomic E-state index is -0.370. The van der Waals surface area contributed by atoms with Crippen LogP contribution in [0.1, 0.15) is 5.69 Å². The first-order valence-corrected chi connectivity index (χ1v) is 7.83. The second-order valence-electron chi connectivity index (χ2n) is 5.90. The van der Waals surface area contributed by atoms with E-state index in [1.54, 1.807) is 18.3 Å². The van der Waals surface area contributed by atoms with Gasteiger partial charge < -0.3 is 9.97 Å². The smallest absolute Gasteiger partial charge is 0.268 e. The van der Waals surface area contributed by atoms with Gasteiger partial charge in [0, 0.05) is 29.2 Å². The number of hydrogen-bond acceptors (Lipinski definition) is 3. The molecular formula is C19H12N4O2. The van der Waals surface area contributed by atoms with Crippen LogP contribution in [-0.4, -0.2) is 26.8 Å². The number of fused-ring (bicyclic) bond motifs is 2. The molecule has 25 heavy (non-hydrogen) atoms. The van der Waals surface area contributed by atoms with E-state index in [0.29, 0.717) is 22.6 Å². The van der Waals surface area contributed by atoms with Crippen LogP contribution in [0.2, 0.25) is 0 Å². The predicted octanol–water partition coefficient (Wildman–Crippen LogP) is 3.00. The summed E-state index contributed by atoms with van der Waals surface area (Å²) in [6.45, 7) is 0. The van der Waals surface area contributed by atoms with Gasteiger partial charge in [0.05, 0.1) is 22.3 Å². The van der Waals surface area contributed by atoms with Gasteiger partial charge in [0.1, 0.15) is 5.82 Å². The first-order chi connectivity index (χ1) is 12.2. The van der Waals surface area contributed by atoms with Crippen LogP contribution in [0.4, 0.5) is 5.82 Å². The van der Waals surface area contributed by atoms with Gasteiger partial charge in [-0.25, -0.2) is 4.90 Å². The molecule has 4 heterocycles. The first-order valence-electron chi connectivity index (χ1n) is 7.83. The van der Waals surface area contributed by atoms with E-state index >= 15 is 0 Å². The number of carbonyl (C=O) groups is 2. The molecule has 4 aromatic rings. The Morgan fingerprint density at radius 2 is 1.76 bits per heavy atom. The van der Waals surface area contributed by atoms with E-state index < -0.39 is 0 Å². The first kappa shape index (κ1) is 13.7. The number of aromatic amines is 2. The van der Waals surface area contributed by atoms with Crippen molar-refractivity contribution < 1.29 is 9.59 Å². The maximum absolute atomic E-state index is 12.8. The zero-order valence-corrected chi connectivity index (χ0v) is 13.0. The molecule has 2 amide bonds. The van der Waals surface area contributed by atoms with E-state index in [1.165, 1.54) is 6.08 Å². The Bertz CT molecular complexity index is 1130. The molecule has 1 aliphatic rings. The Morgan fingerprint density at radius 1 is 0.920 bits per heavy atom. The molecule has 0 spiro atoms. The highest BCUT2D eigenvalue weighted by atomic mass is 16.2. The Morgan fingerprint density at radius 3 is 2.60 bits per heavy atom. The molecule has 0 radical (unpaired) electrons. The number of benzene rings is 1. The molecular weight excluding hydrogens is 316 g/mol. The van der Waals surface area contributed by atoms with Gasteiger partial charge in [0.2, 0.25) is 0 Å². The predicted molar refractivity (Wildman–Crippen MR) is 94.9 cm³/mol. The third kappa shape index (κ3) is 2.01. The second-order valence-corrected chi connectivity index (χ2v) is 5.90. The number of para-hydroxylation sites is 1. The van der Waals surface area contributed by atoms with Crippen LogP contribution in [0.15, 0.2) is 60.8 Å². The normalized spacial score (nSPS) is 14.7. The van der Waals surface area contributed by atoms with Gasteiger partial charge >= 0.3 is 0 Å². The molecule has 0 atom stereocenters. The molecule has 0 fully saturated rings. The van der Waals surface area contributed by atoms with Gasteiger partial charge in [-0.05, 0) is 24.3 Å². The van der Waals surface area contributed by atoms with Crippen LogP contribution in [0.25, 0.3) is 27.5 Å². The van der Waals surface area contributed by atoms with Gasteiger partial charge in [-0.15, -0.1) is 0 Å². The number of nitrogens with zero attached hydrogens (tertiary/aromatic N) is 2. The number of H-pyrrole nitrogens is 2. The highest BCUT2D eigenvalue weighted by molar-refractivity contribution is 6.43. The van der Waals surface area contributed by atoms with Crippen LogP contribution in [-0.2, 0) is 9.59 Å². The largest absolute Gasteiger partial charge is 0.354 e. The molecule has 0 aliphatic carbocycles. The van der Waals surface area contributed by atoms with Gasteiger partial charge in [-0.1, -0.05) is 18.2 Å². The average molecular weight is 328 g/mol. The summed E-state index contributed by atoms with van der Waals surface area (Å²) in [5.41, 5.74) is 3.39. The number of aromatic nitrogens is 3. The fourth-order valence-electron chi connectivity index (χ4n) is 3.17. The maximum atomic E-state index is 12.8. The molecule has 3 aromatic heterocycles. The number of hydrogen-bond donors (Lipinski definition) is 2. The molecule has 5 rings (SSSR count). The Labute approximate surface area is 141 Å². The van der Waals surface area contributed by atoms with Gasteiger partial charge in [-0.2, -0.15) is 0 Å². The number of nitrogens with one attached hydrogen (secondary N) is 2. The van der Waals surface area contributed by atoms with Crippen LogP contribution in [0.3, 0.4) is 0 Å². The zero-order valence-electron chi connectivity index (χ0n) is 13.0. The summed E-state index contributed by atoms with van der Waals surface area (Å²) < 4.78 is 0. The lowest BCUT2D eigenvalue weighted by Crippen LogP contribution is -2.30. The SMILES string of the molecule is O=C1C=C(c2cc3ccccc3[nH]2)C(=O)N1c1cc2ncccc2[nH]1. The zero-order chi connectivity index (χ0) is 17.0. The molecule has 0 saturated heterocycles. The standard InChI is InChI=1S/C19H12N4O2/c24-18-9-12(15-8-11-4-1-2-5-13(11)21-15)19(25)23(18)17-10-16-14(22-17)6-3-7-20-16/h1-10,21-22H. The molecule has 1 aromatic carbocycles. The number of amides is 2. The molecule has 1 aliphatic heterocycles. The monoisotopic (exact) mass is 328 g/mol. The van der Waals surface area contributed by atoms with E-state index in [0.717, 1.165) is 21.3 Å². The molecule has 120 valence electrons. The Kier molecular flexibility index (Phi) is 2.70. The van der Waals surface area contributed by atoms with Crippen molar-refractivity contribution in [1.29, 1.82) is 0 Å². The van der Waals surface area contributed by atoms with Gasteiger partial charge in [0.25, 0.3) is 11.8 Å². The summed E-state index contributed by atoms with van der Waals surface area (Å²) in [4.78, 5) is 36.9. The summed E-state index contributed by atoms with van der Waals surface area (Å²) in [5, 5.41) is 0.993. The molecule has 6 nitrogen and oxygen atoms in total. The van der Waals surface area contributed by atoms with Crippen molar-refractivity contribution in [2.24, 2.45) is 0 Å². The lowest BCUT2D eigenvalue weighted by molar-refractivity contribution is -0.119. The summed E-state index contributed by atoms with van der Waals surface area (Å²) in [5.74, 6) is -0.306. The van der Waals surface area contributed by atoms with Gasteiger partial charge in [-0.3, -0.25) is 14.6 Å². The molecule has 0 unspecified atom stereocenters. The Hall–Kier alpha value is -3.67. The molecule has 2 N–H and O–H groups in total. The molecule has 6 heteroatoms. The van der Waals surface area contributed by atoms with E-state index in [9.17, 15) is 9.59 Å². The highest BCUT2D eigenvalue weighted by Crippen LogP contribution is 2.30. The summed E-state index contributed by atoms with van der Waals surface area (Å²) >= 11 is 0. The summed E-state index contributed by atoms with van der Waals surface area (Å²) in [6.07, 6.45) is 3.04. The van der Waals surface area contributed by atoms with E-state index in [-0.39, 0.29) is 11.8 Å². The van der Waals surface area contributed by atoms with E-state index in [1.807, 2.05) is 36.4 Å². The summed E-state index contributed by atoms with van der Waals surface area (Å²) in [6, 6.07) is 15.0. The lowest BCUT2D eigenvalue weighted by atomic mass is 10.2. The number of anilines is 1. The van der Waals surface area contributed by atoms with Crippen molar-refractivity contribution in [2.45, 2.75) is 0 Å². The number of rotatable bonds is 2. The van der Waals surface area contributed by atoms with E-state index in [4.69, 9.17) is 0 Å². The van der Waals surface area contributed by atoms with Crippen molar-refractivity contribution in [3.8, 4) is 0 Å². The average Bonchev–Trinajstić information content (AvgIpc) is 3.29. The fraction of sp³-hybridized carbons (Fsp3) is 0. The fourth-order valence-corrected chi connectivity index (χ4v) is 3.17. The van der Waals surface area contributed by atoms with Crippen molar-refractivity contribution in [3.05, 3.63) is 66.5 Å². The minimum Gasteiger partial charge on any atom is -0.354 e. The second kappa shape index (κ2) is 4.91. The van der Waals surface area contributed by atoms with E-state index in [2.05, 4.69) is 15.0 Å².